The van der Waals surface area contributed by atoms with Gasteiger partial charge in [0.05, 0.1) is 6.04 Å². The van der Waals surface area contributed by atoms with Crippen molar-refractivity contribution in [2.75, 3.05) is 39.6 Å². The first-order valence-electron chi connectivity index (χ1n) is 6.39. The summed E-state index contributed by atoms with van der Waals surface area (Å²) in [6.45, 7) is 3.12. The van der Waals surface area contributed by atoms with Gasteiger partial charge in [0.15, 0.2) is 11.5 Å². The number of nitrogens with zero attached hydrogens (tertiary/aromatic N) is 1. The highest BCUT2D eigenvalue weighted by atomic mass is 35.5. The Morgan fingerprint density at radius 1 is 1.25 bits per heavy atom. The number of piperazine rings is 1. The van der Waals surface area contributed by atoms with Gasteiger partial charge in [-0.25, -0.2) is 4.39 Å². The summed E-state index contributed by atoms with van der Waals surface area (Å²) in [6.07, 6.45) is 0. The zero-order valence-corrected chi connectivity index (χ0v) is 12.5. The number of rotatable bonds is 3. The molecule has 112 valence electrons. The molecule has 1 fully saturated rings. The lowest BCUT2D eigenvalue weighted by molar-refractivity contribution is 0.147. The van der Waals surface area contributed by atoms with E-state index in [0.717, 1.165) is 31.7 Å². The van der Waals surface area contributed by atoms with Crippen LogP contribution in [0.2, 0.25) is 5.02 Å². The summed E-state index contributed by atoms with van der Waals surface area (Å²) >= 11 is 6.26. The van der Waals surface area contributed by atoms with Crippen LogP contribution < -0.4 is 14.8 Å². The van der Waals surface area contributed by atoms with Crippen LogP contribution in [0.15, 0.2) is 12.1 Å². The Morgan fingerprint density at radius 3 is 2.55 bits per heavy atom. The quantitative estimate of drug-likeness (QED) is 0.926. The summed E-state index contributed by atoms with van der Waals surface area (Å²) in [5, 5.41) is 3.79. The van der Waals surface area contributed by atoms with Gasteiger partial charge < -0.3 is 14.8 Å². The molecule has 1 aromatic carbocycles. The Bertz CT molecular complexity index is 470. The topological polar surface area (TPSA) is 33.7 Å². The van der Waals surface area contributed by atoms with Crippen LogP contribution in [0, 0.1) is 0 Å². The maximum absolute atomic E-state index is 13.5. The summed E-state index contributed by atoms with van der Waals surface area (Å²) < 4.78 is 24.1. The molecule has 2 heterocycles. The smallest absolute Gasteiger partial charge is 0.231 e. The fraction of sp³-hybridized carbons (Fsp3) is 0.538. The lowest BCUT2D eigenvalue weighted by Gasteiger charge is -2.34. The van der Waals surface area contributed by atoms with Gasteiger partial charge in [-0.2, -0.15) is 0 Å². The number of alkyl halides is 1. The van der Waals surface area contributed by atoms with E-state index in [1.165, 1.54) is 0 Å². The molecule has 0 bridgehead atoms. The number of fused-ring (bicyclic) bond motifs is 1. The molecule has 1 saturated heterocycles. The molecule has 2 aliphatic rings. The summed E-state index contributed by atoms with van der Waals surface area (Å²) in [6, 6.07) is 3.20. The van der Waals surface area contributed by atoms with E-state index in [0.29, 0.717) is 16.5 Å². The van der Waals surface area contributed by atoms with Gasteiger partial charge >= 0.3 is 0 Å². The zero-order chi connectivity index (χ0) is 13.2. The number of ether oxygens (including phenoxy) is 2. The lowest BCUT2D eigenvalue weighted by Crippen LogP contribution is -2.45. The van der Waals surface area contributed by atoms with Gasteiger partial charge in [0.1, 0.15) is 6.67 Å². The van der Waals surface area contributed by atoms with Gasteiger partial charge in [-0.3, -0.25) is 4.90 Å². The van der Waals surface area contributed by atoms with Gasteiger partial charge in [-0.1, -0.05) is 11.6 Å². The van der Waals surface area contributed by atoms with E-state index in [9.17, 15) is 4.39 Å². The fourth-order valence-corrected chi connectivity index (χ4v) is 2.84. The predicted octanol–water partition coefficient (Wildman–Crippen LogP) is 2.41. The van der Waals surface area contributed by atoms with E-state index in [2.05, 4.69) is 10.2 Å². The largest absolute Gasteiger partial charge is 0.454 e. The van der Waals surface area contributed by atoms with Crippen LogP contribution in [0.5, 0.6) is 11.5 Å². The van der Waals surface area contributed by atoms with Crippen LogP contribution in [0.25, 0.3) is 0 Å². The molecule has 4 nitrogen and oxygen atoms in total. The van der Waals surface area contributed by atoms with Gasteiger partial charge in [0, 0.05) is 37.3 Å². The van der Waals surface area contributed by atoms with Crippen molar-refractivity contribution in [2.24, 2.45) is 0 Å². The Kier molecular flexibility index (Phi) is 5.32. The van der Waals surface area contributed by atoms with Gasteiger partial charge in [0.2, 0.25) is 6.79 Å². The minimum absolute atomic E-state index is 0. The summed E-state index contributed by atoms with van der Waals surface area (Å²) in [5.41, 5.74) is 0.773. The molecule has 1 atom stereocenters. The molecule has 0 spiro atoms. The molecule has 1 aromatic rings. The van der Waals surface area contributed by atoms with E-state index >= 15 is 0 Å². The van der Waals surface area contributed by atoms with Crippen molar-refractivity contribution in [3.63, 3.8) is 0 Å². The van der Waals surface area contributed by atoms with Crippen molar-refractivity contribution in [3.05, 3.63) is 22.7 Å². The third-order valence-electron chi connectivity index (χ3n) is 3.59. The molecular weight excluding hydrogens is 306 g/mol. The first kappa shape index (κ1) is 15.6. The fourth-order valence-electron chi connectivity index (χ4n) is 2.56. The second kappa shape index (κ2) is 6.80. The molecule has 0 aliphatic carbocycles. The number of hydrogen-bond acceptors (Lipinski definition) is 4. The maximum Gasteiger partial charge on any atom is 0.231 e. The van der Waals surface area contributed by atoms with Crippen molar-refractivity contribution in [1.29, 1.82) is 0 Å². The van der Waals surface area contributed by atoms with E-state index in [1.807, 2.05) is 0 Å². The second-order valence-electron chi connectivity index (χ2n) is 4.68. The van der Waals surface area contributed by atoms with E-state index in [4.69, 9.17) is 21.1 Å². The van der Waals surface area contributed by atoms with Crippen LogP contribution in [-0.4, -0.2) is 44.5 Å². The van der Waals surface area contributed by atoms with Crippen LogP contribution >= 0.6 is 24.0 Å². The van der Waals surface area contributed by atoms with Gasteiger partial charge in [-0.15, -0.1) is 12.4 Å². The molecule has 0 radical (unpaired) electrons. The number of benzene rings is 1. The number of halogens is 3. The lowest BCUT2D eigenvalue weighted by atomic mass is 10.0. The predicted molar refractivity (Wildman–Crippen MR) is 78.0 cm³/mol. The normalized spacial score (nSPS) is 19.5. The Hall–Kier alpha value is -0.750. The zero-order valence-electron chi connectivity index (χ0n) is 10.9. The number of nitrogens with one attached hydrogen (secondary N) is 1. The first-order chi connectivity index (χ1) is 9.29. The molecule has 0 aromatic heterocycles. The monoisotopic (exact) mass is 322 g/mol. The van der Waals surface area contributed by atoms with Crippen molar-refractivity contribution < 1.29 is 13.9 Å². The highest BCUT2D eigenvalue weighted by Gasteiger charge is 2.26. The highest BCUT2D eigenvalue weighted by Crippen LogP contribution is 2.40. The number of hydrogen-bond donors (Lipinski definition) is 1. The molecule has 1 N–H and O–H groups in total. The van der Waals surface area contributed by atoms with Crippen molar-refractivity contribution in [3.8, 4) is 11.5 Å². The molecule has 0 amide bonds. The van der Waals surface area contributed by atoms with Crippen LogP contribution in [0.4, 0.5) is 4.39 Å². The SMILES string of the molecule is Cl.FC[C@H](c1cc2c(cc1Cl)OCO2)N1CCNCC1. The van der Waals surface area contributed by atoms with Crippen molar-refractivity contribution in [2.45, 2.75) is 6.04 Å². The molecule has 7 heteroatoms. The second-order valence-corrected chi connectivity index (χ2v) is 5.09. The van der Waals surface area contributed by atoms with Gasteiger partial charge in [0.25, 0.3) is 0 Å². The third-order valence-corrected chi connectivity index (χ3v) is 3.92. The Balaban J connectivity index is 0.00000147. The summed E-state index contributed by atoms with van der Waals surface area (Å²) in [7, 11) is 0. The molecule has 0 saturated carbocycles. The highest BCUT2D eigenvalue weighted by molar-refractivity contribution is 6.31. The average molecular weight is 323 g/mol. The Labute approximate surface area is 128 Å². The van der Waals surface area contributed by atoms with Crippen molar-refractivity contribution in [1.82, 2.24) is 10.2 Å². The molecule has 0 unspecified atom stereocenters. The Morgan fingerprint density at radius 2 is 1.90 bits per heavy atom. The van der Waals surface area contributed by atoms with E-state index < -0.39 is 6.67 Å². The summed E-state index contributed by atoms with van der Waals surface area (Å²) in [4.78, 5) is 2.11. The average Bonchev–Trinajstić information content (AvgIpc) is 2.88. The molecule has 3 rings (SSSR count). The minimum Gasteiger partial charge on any atom is -0.454 e. The van der Waals surface area contributed by atoms with Crippen molar-refractivity contribution >= 4 is 24.0 Å². The molecule has 2 aliphatic heterocycles. The van der Waals surface area contributed by atoms with E-state index in [-0.39, 0.29) is 25.2 Å². The standard InChI is InChI=1S/C13H16ClFN2O2.ClH/c14-10-6-13-12(18-8-19-13)5-9(10)11(7-15)17-3-1-16-2-4-17;/h5-6,11,16H,1-4,7-8H2;1H/t11-;/m1./s1. The summed E-state index contributed by atoms with van der Waals surface area (Å²) in [5.74, 6) is 1.28. The van der Waals surface area contributed by atoms with E-state index in [1.54, 1.807) is 12.1 Å². The third kappa shape index (κ3) is 2.96. The molecular formula is C13H17Cl2FN2O2. The van der Waals surface area contributed by atoms with Gasteiger partial charge in [-0.05, 0) is 11.6 Å². The maximum atomic E-state index is 13.5. The van der Waals surface area contributed by atoms with Crippen LogP contribution in [-0.2, 0) is 0 Å². The minimum atomic E-state index is -0.459. The molecule has 20 heavy (non-hydrogen) atoms. The van der Waals surface area contributed by atoms with Crippen LogP contribution in [0.1, 0.15) is 11.6 Å². The first-order valence-corrected chi connectivity index (χ1v) is 6.77. The van der Waals surface area contributed by atoms with Crippen LogP contribution in [0.3, 0.4) is 0 Å².